The molecule has 10 heteroatoms. The molecule has 1 heterocycles. The molecule has 0 saturated heterocycles. The number of nitrogens with one attached hydrogen (secondary N) is 2. The number of rotatable bonds is 9. The fourth-order valence-corrected chi connectivity index (χ4v) is 4.33. The molecular weight excluding hydrogens is 384 g/mol. The average Bonchev–Trinajstić information content (AvgIpc) is 3.10. The molecule has 0 spiro atoms. The number of nitrogens with two attached hydrogens (primary N) is 1. The van der Waals surface area contributed by atoms with Crippen LogP contribution >= 0.6 is 0 Å². The predicted octanol–water partition coefficient (Wildman–Crippen LogP) is 2.50. The number of aliphatic hydroxyl groups is 1. The maximum Gasteiger partial charge on any atom is 0.345 e. The minimum Gasteiger partial charge on any atom is -0.396 e. The molecular formula is C19H29F2N5O3. The lowest BCUT2D eigenvalue weighted by Crippen LogP contribution is -2.32. The number of alkyl halides is 2. The van der Waals surface area contributed by atoms with Crippen molar-refractivity contribution in [2.24, 2.45) is 11.7 Å². The maximum atomic E-state index is 12.3. The summed E-state index contributed by atoms with van der Waals surface area (Å²) in [6, 6.07) is 0.165. The Kier molecular flexibility index (Phi) is 7.54. The van der Waals surface area contributed by atoms with Crippen molar-refractivity contribution < 1.29 is 23.4 Å². The Morgan fingerprint density at radius 2 is 2.00 bits per heavy atom. The number of halogens is 2. The fourth-order valence-electron chi connectivity index (χ4n) is 4.33. The maximum absolute atomic E-state index is 12.3. The summed E-state index contributed by atoms with van der Waals surface area (Å²) < 4.78 is 29.3. The summed E-state index contributed by atoms with van der Waals surface area (Å²) >= 11 is 0. The first-order valence-electron chi connectivity index (χ1n) is 10.2. The van der Waals surface area contributed by atoms with Crippen LogP contribution in [0.25, 0.3) is 0 Å². The van der Waals surface area contributed by atoms with E-state index < -0.39 is 18.6 Å². The second kappa shape index (κ2) is 10.1. The Hall–Kier alpha value is -2.07. The summed E-state index contributed by atoms with van der Waals surface area (Å²) in [5.41, 5.74) is 5.70. The van der Waals surface area contributed by atoms with E-state index in [1.165, 1.54) is 6.20 Å². The van der Waals surface area contributed by atoms with E-state index in [4.69, 9.17) is 5.73 Å². The summed E-state index contributed by atoms with van der Waals surface area (Å²) in [5, 5.41) is 15.8. The number of carbonyl (C=O) groups is 1. The largest absolute Gasteiger partial charge is 0.396 e. The second-order valence-electron chi connectivity index (χ2n) is 7.79. The van der Waals surface area contributed by atoms with Gasteiger partial charge in [-0.2, -0.15) is 13.8 Å². The Morgan fingerprint density at radius 3 is 2.66 bits per heavy atom. The van der Waals surface area contributed by atoms with E-state index in [0.717, 1.165) is 19.3 Å². The number of hydrogen-bond acceptors (Lipinski definition) is 7. The molecule has 8 nitrogen and oxygen atoms in total. The molecule has 1 amide bonds. The van der Waals surface area contributed by atoms with E-state index in [1.54, 1.807) is 0 Å². The molecule has 0 aromatic carbocycles. The van der Waals surface area contributed by atoms with Gasteiger partial charge in [0.25, 0.3) is 5.91 Å². The van der Waals surface area contributed by atoms with Crippen LogP contribution in [-0.2, 0) is 4.74 Å². The normalized spacial score (nSPS) is 27.2. The summed E-state index contributed by atoms with van der Waals surface area (Å²) in [5.74, 6) is 0.463. The first-order chi connectivity index (χ1) is 14.0. The van der Waals surface area contributed by atoms with Gasteiger partial charge in [0.1, 0.15) is 5.82 Å². The monoisotopic (exact) mass is 413 g/mol. The van der Waals surface area contributed by atoms with Crippen LogP contribution < -0.4 is 16.4 Å². The second-order valence-corrected chi connectivity index (χ2v) is 7.79. The van der Waals surface area contributed by atoms with Gasteiger partial charge in [-0.05, 0) is 50.9 Å². The molecule has 2 atom stereocenters. The Morgan fingerprint density at radius 1 is 1.24 bits per heavy atom. The molecule has 2 saturated carbocycles. The lowest BCUT2D eigenvalue weighted by Gasteiger charge is -2.29. The zero-order valence-corrected chi connectivity index (χ0v) is 16.3. The number of nitrogens with zero attached hydrogens (tertiary/aromatic N) is 2. The molecule has 2 fully saturated rings. The molecule has 0 bridgehead atoms. The van der Waals surface area contributed by atoms with Crippen molar-refractivity contribution in [3.63, 3.8) is 0 Å². The van der Waals surface area contributed by atoms with Crippen LogP contribution in [0.5, 0.6) is 0 Å². The number of carbonyl (C=O) groups excluding carboxylic acids is 1. The van der Waals surface area contributed by atoms with Crippen molar-refractivity contribution in [1.82, 2.24) is 9.97 Å². The van der Waals surface area contributed by atoms with Crippen LogP contribution in [0.1, 0.15) is 61.7 Å². The molecule has 1 aromatic rings. The molecule has 29 heavy (non-hydrogen) atoms. The third-order valence-electron chi connectivity index (χ3n) is 5.84. The molecule has 5 N–H and O–H groups in total. The topological polar surface area (TPSA) is 122 Å². The van der Waals surface area contributed by atoms with E-state index >= 15 is 0 Å². The number of ether oxygens (including phenoxy) is 1. The molecule has 2 aliphatic carbocycles. The Labute approximate surface area is 168 Å². The summed E-state index contributed by atoms with van der Waals surface area (Å²) in [6.07, 6.45) is 7.10. The number of amides is 1. The van der Waals surface area contributed by atoms with Gasteiger partial charge in [0, 0.05) is 24.9 Å². The molecule has 0 unspecified atom stereocenters. The van der Waals surface area contributed by atoms with Gasteiger partial charge in [-0.3, -0.25) is 4.79 Å². The smallest absolute Gasteiger partial charge is 0.345 e. The van der Waals surface area contributed by atoms with Gasteiger partial charge < -0.3 is 26.2 Å². The van der Waals surface area contributed by atoms with Gasteiger partial charge in [0.2, 0.25) is 5.95 Å². The fraction of sp³-hybridized carbons (Fsp3) is 0.737. The summed E-state index contributed by atoms with van der Waals surface area (Å²) in [6.45, 7) is -2.62. The number of primary amides is 1. The lowest BCUT2D eigenvalue weighted by molar-refractivity contribution is -0.169. The lowest BCUT2D eigenvalue weighted by atomic mass is 9.93. The first-order valence-corrected chi connectivity index (χ1v) is 10.2. The van der Waals surface area contributed by atoms with Gasteiger partial charge in [-0.1, -0.05) is 6.42 Å². The van der Waals surface area contributed by atoms with Crippen molar-refractivity contribution in [2.45, 2.75) is 76.2 Å². The van der Waals surface area contributed by atoms with Crippen LogP contribution in [0.3, 0.4) is 0 Å². The van der Waals surface area contributed by atoms with E-state index in [-0.39, 0.29) is 24.3 Å². The standard InChI is InChI=1S/C19H29F2N5O3/c20-18(21)29-13-6-4-12(5-7-13)24-19-23-10-14(16(22)28)17(26-19)25-15-3-1-2-11(15)8-9-27/h10-13,15,18,27H,1-9H2,(H2,22,28)(H2,23,24,25,26)/t11-,12?,13?,15+/m0/s1. The minimum atomic E-state index is -2.74. The van der Waals surface area contributed by atoms with Gasteiger partial charge in [-0.15, -0.1) is 0 Å². The summed E-state index contributed by atoms with van der Waals surface area (Å²) in [4.78, 5) is 20.5. The van der Waals surface area contributed by atoms with Crippen molar-refractivity contribution in [3.8, 4) is 0 Å². The van der Waals surface area contributed by atoms with Crippen molar-refractivity contribution in [3.05, 3.63) is 11.8 Å². The van der Waals surface area contributed by atoms with E-state index in [0.29, 0.717) is 49.8 Å². The molecule has 2 aliphatic rings. The van der Waals surface area contributed by atoms with Gasteiger partial charge >= 0.3 is 6.61 Å². The van der Waals surface area contributed by atoms with Crippen molar-refractivity contribution in [2.75, 3.05) is 17.2 Å². The van der Waals surface area contributed by atoms with E-state index in [9.17, 15) is 18.7 Å². The minimum absolute atomic E-state index is 0.0495. The number of aromatic nitrogens is 2. The SMILES string of the molecule is NC(=O)c1cnc(NC2CCC(OC(F)F)CC2)nc1N[C@@H]1CCC[C@H]1CCO. The molecule has 3 rings (SSSR count). The molecule has 1 aromatic heterocycles. The van der Waals surface area contributed by atoms with E-state index in [2.05, 4.69) is 25.3 Å². The average molecular weight is 413 g/mol. The van der Waals surface area contributed by atoms with Crippen LogP contribution in [0, 0.1) is 5.92 Å². The number of hydrogen-bond donors (Lipinski definition) is 4. The zero-order chi connectivity index (χ0) is 20.8. The molecule has 0 aliphatic heterocycles. The quantitative estimate of drug-likeness (QED) is 0.491. The van der Waals surface area contributed by atoms with Crippen LogP contribution in [0.15, 0.2) is 6.20 Å². The highest BCUT2D eigenvalue weighted by Crippen LogP contribution is 2.31. The highest BCUT2D eigenvalue weighted by Gasteiger charge is 2.29. The van der Waals surface area contributed by atoms with Crippen LogP contribution in [0.2, 0.25) is 0 Å². The van der Waals surface area contributed by atoms with Crippen LogP contribution in [0.4, 0.5) is 20.5 Å². The Balaban J connectivity index is 1.65. The predicted molar refractivity (Wildman–Crippen MR) is 104 cm³/mol. The highest BCUT2D eigenvalue weighted by atomic mass is 19.3. The van der Waals surface area contributed by atoms with Crippen LogP contribution in [-0.4, -0.2) is 52.4 Å². The first kappa shape index (κ1) is 21.6. The van der Waals surface area contributed by atoms with E-state index in [1.807, 2.05) is 0 Å². The summed E-state index contributed by atoms with van der Waals surface area (Å²) in [7, 11) is 0. The van der Waals surface area contributed by atoms with Gasteiger partial charge in [0.15, 0.2) is 0 Å². The van der Waals surface area contributed by atoms with Gasteiger partial charge in [0.05, 0.1) is 11.7 Å². The molecule has 162 valence electrons. The van der Waals surface area contributed by atoms with Crippen molar-refractivity contribution in [1.29, 1.82) is 0 Å². The molecule has 0 radical (unpaired) electrons. The number of anilines is 2. The zero-order valence-electron chi connectivity index (χ0n) is 16.3. The van der Waals surface area contributed by atoms with Crippen molar-refractivity contribution >= 4 is 17.7 Å². The Bertz CT molecular complexity index is 686. The third kappa shape index (κ3) is 5.96. The highest BCUT2D eigenvalue weighted by molar-refractivity contribution is 5.97. The number of aliphatic hydroxyl groups excluding tert-OH is 1. The third-order valence-corrected chi connectivity index (χ3v) is 5.84. The van der Waals surface area contributed by atoms with Gasteiger partial charge in [-0.25, -0.2) is 4.98 Å².